The van der Waals surface area contributed by atoms with Gasteiger partial charge in [-0.2, -0.15) is 0 Å². The molecule has 1 N–H and O–H groups in total. The molecule has 0 saturated heterocycles. The molecule has 84 valence electrons. The summed E-state index contributed by atoms with van der Waals surface area (Å²) in [4.78, 5) is 9.17. The minimum atomic E-state index is -1.66. The van der Waals surface area contributed by atoms with E-state index in [0.29, 0.717) is 13.2 Å². The van der Waals surface area contributed by atoms with Gasteiger partial charge in [0.2, 0.25) is 0 Å². The first-order valence-electron chi connectivity index (χ1n) is 5.11. The van der Waals surface area contributed by atoms with Gasteiger partial charge in [-0.15, -0.1) is 0 Å². The van der Waals surface area contributed by atoms with E-state index < -0.39 is 8.60 Å². The SMILES string of the molecule is CCOP(O)OCCCc1ccccc1. The second kappa shape index (κ2) is 7.77. The van der Waals surface area contributed by atoms with E-state index in [2.05, 4.69) is 12.1 Å². The van der Waals surface area contributed by atoms with Gasteiger partial charge in [-0.25, -0.2) is 0 Å². The molecule has 4 heteroatoms. The van der Waals surface area contributed by atoms with Crippen LogP contribution in [0.1, 0.15) is 18.9 Å². The molecule has 15 heavy (non-hydrogen) atoms. The third-order valence-corrected chi connectivity index (χ3v) is 2.78. The molecular formula is C11H17O3P. The van der Waals surface area contributed by atoms with Gasteiger partial charge in [-0.1, -0.05) is 30.3 Å². The third-order valence-electron chi connectivity index (χ3n) is 1.89. The van der Waals surface area contributed by atoms with Crippen LogP contribution < -0.4 is 0 Å². The molecule has 0 amide bonds. The van der Waals surface area contributed by atoms with Crippen LogP contribution in [0, 0.1) is 0 Å². The zero-order chi connectivity index (χ0) is 10.9. The van der Waals surface area contributed by atoms with Gasteiger partial charge in [0.1, 0.15) is 0 Å². The summed E-state index contributed by atoms with van der Waals surface area (Å²) in [7, 11) is -1.66. The minimum Gasteiger partial charge on any atom is -0.328 e. The number of benzene rings is 1. The lowest BCUT2D eigenvalue weighted by molar-refractivity contribution is 0.206. The standard InChI is InChI=1S/C11H17O3P/c1-2-13-15(12)14-10-6-9-11-7-4-3-5-8-11/h3-5,7-8,12H,2,6,9-10H2,1H3. The molecule has 0 aliphatic rings. The van der Waals surface area contributed by atoms with Gasteiger partial charge in [0.25, 0.3) is 0 Å². The van der Waals surface area contributed by atoms with Gasteiger partial charge in [-0.05, 0) is 25.3 Å². The summed E-state index contributed by atoms with van der Waals surface area (Å²) in [6.45, 7) is 2.86. The monoisotopic (exact) mass is 228 g/mol. The first-order valence-corrected chi connectivity index (χ1v) is 6.24. The lowest BCUT2D eigenvalue weighted by Crippen LogP contribution is -1.95. The van der Waals surface area contributed by atoms with Gasteiger partial charge < -0.3 is 13.9 Å². The van der Waals surface area contributed by atoms with Crippen molar-refractivity contribution in [2.45, 2.75) is 19.8 Å². The smallest absolute Gasteiger partial charge is 0.328 e. The Morgan fingerprint density at radius 3 is 2.60 bits per heavy atom. The van der Waals surface area contributed by atoms with E-state index in [1.165, 1.54) is 5.56 Å². The Bertz CT molecular complexity index is 253. The maximum absolute atomic E-state index is 9.17. The Kier molecular flexibility index (Phi) is 6.53. The van der Waals surface area contributed by atoms with Crippen molar-refractivity contribution in [3.63, 3.8) is 0 Å². The second-order valence-corrected chi connectivity index (χ2v) is 4.07. The van der Waals surface area contributed by atoms with Crippen molar-refractivity contribution in [2.24, 2.45) is 0 Å². The predicted molar refractivity (Wildman–Crippen MR) is 61.5 cm³/mol. The fourth-order valence-electron chi connectivity index (χ4n) is 1.21. The molecule has 0 spiro atoms. The Morgan fingerprint density at radius 1 is 1.20 bits per heavy atom. The molecule has 1 aromatic carbocycles. The van der Waals surface area contributed by atoms with Gasteiger partial charge in [0, 0.05) is 0 Å². The Balaban J connectivity index is 2.07. The summed E-state index contributed by atoms with van der Waals surface area (Å²) in [5.41, 5.74) is 1.29. The van der Waals surface area contributed by atoms with E-state index in [0.717, 1.165) is 12.8 Å². The Labute approximate surface area is 92.0 Å². The largest absolute Gasteiger partial charge is 0.329 e. The van der Waals surface area contributed by atoms with Crippen LogP contribution in [-0.4, -0.2) is 18.1 Å². The van der Waals surface area contributed by atoms with Gasteiger partial charge >= 0.3 is 8.60 Å². The summed E-state index contributed by atoms with van der Waals surface area (Å²) in [6.07, 6.45) is 1.87. The van der Waals surface area contributed by atoms with Crippen molar-refractivity contribution >= 4 is 8.60 Å². The third kappa shape index (κ3) is 5.85. The van der Waals surface area contributed by atoms with Crippen molar-refractivity contribution in [1.29, 1.82) is 0 Å². The van der Waals surface area contributed by atoms with Crippen molar-refractivity contribution in [2.75, 3.05) is 13.2 Å². The Hall–Kier alpha value is -0.470. The lowest BCUT2D eigenvalue weighted by atomic mass is 10.1. The second-order valence-electron chi connectivity index (χ2n) is 3.08. The maximum atomic E-state index is 9.17. The molecule has 0 radical (unpaired) electrons. The first-order chi connectivity index (χ1) is 7.33. The minimum absolute atomic E-state index is 0.487. The maximum Gasteiger partial charge on any atom is 0.329 e. The van der Waals surface area contributed by atoms with Crippen molar-refractivity contribution in [1.82, 2.24) is 0 Å². The molecule has 1 aromatic rings. The normalized spacial score (nSPS) is 12.7. The van der Waals surface area contributed by atoms with Crippen molar-refractivity contribution in [3.05, 3.63) is 35.9 Å². The molecule has 3 nitrogen and oxygen atoms in total. The molecule has 0 saturated carbocycles. The number of hydrogen-bond acceptors (Lipinski definition) is 3. The summed E-state index contributed by atoms with van der Waals surface area (Å²) in [5.74, 6) is 0. The van der Waals surface area contributed by atoms with Gasteiger partial charge in [0.05, 0.1) is 13.2 Å². The highest BCUT2D eigenvalue weighted by Gasteiger charge is 2.03. The van der Waals surface area contributed by atoms with E-state index in [4.69, 9.17) is 13.9 Å². The molecular weight excluding hydrogens is 211 g/mol. The molecule has 0 aromatic heterocycles. The molecule has 0 bridgehead atoms. The van der Waals surface area contributed by atoms with Crippen LogP contribution in [0.5, 0.6) is 0 Å². The van der Waals surface area contributed by atoms with E-state index >= 15 is 0 Å². The highest BCUT2D eigenvalue weighted by molar-refractivity contribution is 7.40. The molecule has 0 aliphatic heterocycles. The van der Waals surface area contributed by atoms with Crippen LogP contribution in [0.25, 0.3) is 0 Å². The van der Waals surface area contributed by atoms with E-state index in [1.54, 1.807) is 0 Å². The highest BCUT2D eigenvalue weighted by atomic mass is 31.2. The predicted octanol–water partition coefficient (Wildman–Crippen LogP) is 2.89. The highest BCUT2D eigenvalue weighted by Crippen LogP contribution is 2.32. The molecule has 0 fully saturated rings. The van der Waals surface area contributed by atoms with Gasteiger partial charge in [-0.3, -0.25) is 0 Å². The summed E-state index contributed by atoms with van der Waals surface area (Å²) in [6, 6.07) is 10.2. The van der Waals surface area contributed by atoms with Crippen LogP contribution in [0.2, 0.25) is 0 Å². The number of aryl methyl sites for hydroxylation is 1. The van der Waals surface area contributed by atoms with E-state index in [-0.39, 0.29) is 0 Å². The zero-order valence-corrected chi connectivity index (χ0v) is 9.82. The fraction of sp³-hybridized carbons (Fsp3) is 0.455. The topological polar surface area (TPSA) is 38.7 Å². The summed E-state index contributed by atoms with van der Waals surface area (Å²) >= 11 is 0. The van der Waals surface area contributed by atoms with E-state index in [9.17, 15) is 0 Å². The molecule has 1 unspecified atom stereocenters. The van der Waals surface area contributed by atoms with Crippen LogP contribution in [0.15, 0.2) is 30.3 Å². The van der Waals surface area contributed by atoms with Crippen LogP contribution in [0.3, 0.4) is 0 Å². The van der Waals surface area contributed by atoms with Crippen molar-refractivity contribution < 1.29 is 13.9 Å². The number of hydrogen-bond donors (Lipinski definition) is 1. The lowest BCUT2D eigenvalue weighted by Gasteiger charge is -2.08. The quantitative estimate of drug-likeness (QED) is 0.576. The average molecular weight is 228 g/mol. The van der Waals surface area contributed by atoms with Crippen LogP contribution in [-0.2, 0) is 15.5 Å². The van der Waals surface area contributed by atoms with Gasteiger partial charge in [0.15, 0.2) is 0 Å². The van der Waals surface area contributed by atoms with Crippen LogP contribution >= 0.6 is 8.60 Å². The van der Waals surface area contributed by atoms with Crippen LogP contribution in [0.4, 0.5) is 0 Å². The molecule has 1 rings (SSSR count). The summed E-state index contributed by atoms with van der Waals surface area (Å²) in [5, 5.41) is 0. The first kappa shape index (κ1) is 12.6. The summed E-state index contributed by atoms with van der Waals surface area (Å²) < 4.78 is 9.99. The van der Waals surface area contributed by atoms with Crippen molar-refractivity contribution in [3.8, 4) is 0 Å². The molecule has 0 aliphatic carbocycles. The fourth-order valence-corrected chi connectivity index (χ4v) is 1.79. The molecule has 0 heterocycles. The zero-order valence-electron chi connectivity index (χ0n) is 8.93. The Morgan fingerprint density at radius 2 is 1.93 bits per heavy atom. The molecule has 1 atom stereocenters. The number of rotatable bonds is 7. The average Bonchev–Trinajstić information content (AvgIpc) is 2.26. The van der Waals surface area contributed by atoms with E-state index in [1.807, 2.05) is 25.1 Å².